The number of carbonyl (C=O) groups excluding carboxylic acids is 1. The molecule has 0 spiro atoms. The minimum absolute atomic E-state index is 0.0205. The number of anilines is 1. The molecule has 1 saturated heterocycles. The molecule has 0 aromatic carbocycles. The zero-order chi connectivity index (χ0) is 14.5. The molecular formula is C12H15ClN4O3. The number of pyridine rings is 1. The first-order chi connectivity index (χ1) is 9.56. The fourth-order valence-corrected chi connectivity index (χ4v) is 2.30. The predicted molar refractivity (Wildman–Crippen MR) is 74.8 cm³/mol. The molecule has 108 valence electrons. The minimum Gasteiger partial charge on any atom is -0.361 e. The van der Waals surface area contributed by atoms with Gasteiger partial charge in [-0.1, -0.05) is 11.6 Å². The van der Waals surface area contributed by atoms with Crippen LogP contribution in [0.5, 0.6) is 0 Å². The van der Waals surface area contributed by atoms with Crippen molar-refractivity contribution in [3.05, 3.63) is 27.4 Å². The van der Waals surface area contributed by atoms with Crippen LogP contribution in [-0.2, 0) is 4.79 Å². The number of piperidine rings is 1. The van der Waals surface area contributed by atoms with Gasteiger partial charge in [-0.3, -0.25) is 14.9 Å². The third-order valence-electron chi connectivity index (χ3n) is 3.12. The van der Waals surface area contributed by atoms with Crippen LogP contribution in [0.25, 0.3) is 0 Å². The van der Waals surface area contributed by atoms with E-state index in [2.05, 4.69) is 10.3 Å². The van der Waals surface area contributed by atoms with Gasteiger partial charge in [0.2, 0.25) is 5.91 Å². The van der Waals surface area contributed by atoms with E-state index in [1.54, 1.807) is 4.90 Å². The molecule has 0 saturated carbocycles. The van der Waals surface area contributed by atoms with E-state index in [0.29, 0.717) is 0 Å². The number of aromatic nitrogens is 1. The number of carbonyl (C=O) groups is 1. The van der Waals surface area contributed by atoms with E-state index in [9.17, 15) is 14.9 Å². The minimum atomic E-state index is -0.550. The fourth-order valence-electron chi connectivity index (χ4n) is 2.10. The second-order valence-electron chi connectivity index (χ2n) is 4.59. The molecule has 2 rings (SSSR count). The summed E-state index contributed by atoms with van der Waals surface area (Å²) >= 11 is 5.71. The van der Waals surface area contributed by atoms with Gasteiger partial charge in [-0.05, 0) is 19.3 Å². The molecule has 1 fully saturated rings. The molecule has 1 aliphatic rings. The molecule has 1 N–H and O–H groups in total. The Morgan fingerprint density at radius 2 is 2.10 bits per heavy atom. The summed E-state index contributed by atoms with van der Waals surface area (Å²) in [4.78, 5) is 27.8. The number of amides is 1. The number of hydrogen-bond acceptors (Lipinski definition) is 5. The highest BCUT2D eigenvalue weighted by Crippen LogP contribution is 2.20. The van der Waals surface area contributed by atoms with Gasteiger partial charge in [-0.15, -0.1) is 0 Å². The van der Waals surface area contributed by atoms with Gasteiger partial charge < -0.3 is 10.2 Å². The normalized spacial score (nSPS) is 14.9. The molecule has 0 bridgehead atoms. The summed E-state index contributed by atoms with van der Waals surface area (Å²) in [7, 11) is 0. The smallest absolute Gasteiger partial charge is 0.276 e. The molecule has 1 aliphatic heterocycles. The van der Waals surface area contributed by atoms with Crippen molar-refractivity contribution in [1.82, 2.24) is 9.88 Å². The molecular weight excluding hydrogens is 284 g/mol. The Hall–Kier alpha value is -1.89. The van der Waals surface area contributed by atoms with Crippen LogP contribution in [-0.4, -0.2) is 40.3 Å². The van der Waals surface area contributed by atoms with Gasteiger partial charge in [-0.25, -0.2) is 4.98 Å². The second kappa shape index (κ2) is 6.51. The largest absolute Gasteiger partial charge is 0.361 e. The highest BCUT2D eigenvalue weighted by Gasteiger charge is 2.17. The van der Waals surface area contributed by atoms with Crippen molar-refractivity contribution in [2.75, 3.05) is 25.0 Å². The average Bonchev–Trinajstić information content (AvgIpc) is 2.45. The van der Waals surface area contributed by atoms with Gasteiger partial charge in [0, 0.05) is 13.1 Å². The van der Waals surface area contributed by atoms with E-state index in [4.69, 9.17) is 11.6 Å². The van der Waals surface area contributed by atoms with E-state index < -0.39 is 4.92 Å². The molecule has 8 heteroatoms. The quantitative estimate of drug-likeness (QED) is 0.522. The van der Waals surface area contributed by atoms with E-state index in [1.807, 2.05) is 0 Å². The highest BCUT2D eigenvalue weighted by molar-refractivity contribution is 6.29. The van der Waals surface area contributed by atoms with Crippen molar-refractivity contribution in [3.63, 3.8) is 0 Å². The lowest BCUT2D eigenvalue weighted by atomic mass is 10.1. The molecule has 0 unspecified atom stereocenters. The Labute approximate surface area is 121 Å². The monoisotopic (exact) mass is 298 g/mol. The molecule has 7 nitrogen and oxygen atoms in total. The van der Waals surface area contributed by atoms with Gasteiger partial charge in [-0.2, -0.15) is 0 Å². The Balaban J connectivity index is 1.96. The molecule has 2 heterocycles. The van der Waals surface area contributed by atoms with Crippen molar-refractivity contribution in [3.8, 4) is 0 Å². The van der Waals surface area contributed by atoms with Gasteiger partial charge >= 0.3 is 0 Å². The van der Waals surface area contributed by atoms with Gasteiger partial charge in [0.15, 0.2) is 0 Å². The lowest BCUT2D eigenvalue weighted by Gasteiger charge is -2.26. The first-order valence-electron chi connectivity index (χ1n) is 6.40. The number of hydrogen-bond donors (Lipinski definition) is 1. The molecule has 20 heavy (non-hydrogen) atoms. The number of likely N-dealkylation sites (tertiary alicyclic amines) is 1. The van der Waals surface area contributed by atoms with E-state index in [-0.39, 0.29) is 29.1 Å². The van der Waals surface area contributed by atoms with Gasteiger partial charge in [0.05, 0.1) is 23.6 Å². The van der Waals surface area contributed by atoms with Crippen molar-refractivity contribution < 1.29 is 9.72 Å². The maximum absolute atomic E-state index is 11.9. The number of nitrogens with one attached hydrogen (secondary N) is 1. The molecule has 1 aromatic heterocycles. The summed E-state index contributed by atoms with van der Waals surface area (Å²) in [6.45, 7) is 1.60. The van der Waals surface area contributed by atoms with Crippen LogP contribution >= 0.6 is 11.6 Å². The number of halogens is 1. The summed E-state index contributed by atoms with van der Waals surface area (Å²) in [5.74, 6) is 0.198. The average molecular weight is 299 g/mol. The van der Waals surface area contributed by atoms with Crippen LogP contribution in [0.4, 0.5) is 11.5 Å². The van der Waals surface area contributed by atoms with E-state index >= 15 is 0 Å². The Bertz CT molecular complexity index is 517. The maximum atomic E-state index is 11.9. The van der Waals surface area contributed by atoms with Crippen molar-refractivity contribution >= 4 is 29.0 Å². The zero-order valence-electron chi connectivity index (χ0n) is 10.8. The summed E-state index contributed by atoms with van der Waals surface area (Å²) < 4.78 is 0. The van der Waals surface area contributed by atoms with Crippen molar-refractivity contribution in [1.29, 1.82) is 0 Å². The maximum Gasteiger partial charge on any atom is 0.276 e. The first-order valence-corrected chi connectivity index (χ1v) is 6.77. The van der Waals surface area contributed by atoms with Crippen LogP contribution in [0.15, 0.2) is 12.1 Å². The lowest BCUT2D eigenvalue weighted by molar-refractivity contribution is -0.384. The summed E-state index contributed by atoms with van der Waals surface area (Å²) in [5.41, 5.74) is -0.155. The van der Waals surface area contributed by atoms with Crippen LogP contribution < -0.4 is 5.32 Å². The van der Waals surface area contributed by atoms with Crippen molar-refractivity contribution in [2.45, 2.75) is 19.3 Å². The topological polar surface area (TPSA) is 88.4 Å². The van der Waals surface area contributed by atoms with Gasteiger partial charge in [0.1, 0.15) is 11.0 Å². The summed E-state index contributed by atoms with van der Waals surface area (Å²) in [6.07, 6.45) is 3.19. The number of rotatable bonds is 4. The molecule has 0 aliphatic carbocycles. The van der Waals surface area contributed by atoms with Crippen LogP contribution in [0.1, 0.15) is 19.3 Å². The molecule has 1 aromatic rings. The van der Waals surface area contributed by atoms with E-state index in [0.717, 1.165) is 32.4 Å². The van der Waals surface area contributed by atoms with Crippen LogP contribution in [0, 0.1) is 10.1 Å². The molecule has 0 atom stereocenters. The Morgan fingerprint density at radius 3 is 2.75 bits per heavy atom. The second-order valence-corrected chi connectivity index (χ2v) is 4.97. The van der Waals surface area contributed by atoms with E-state index in [1.165, 1.54) is 12.1 Å². The Kier molecular flexibility index (Phi) is 4.73. The third-order valence-corrected chi connectivity index (χ3v) is 3.31. The summed E-state index contributed by atoms with van der Waals surface area (Å²) in [6, 6.07) is 2.43. The standard InChI is InChI=1S/C12H15ClN4O3/c13-10-6-9(17(19)20)7-11(15-10)14-8-12(18)16-4-2-1-3-5-16/h6-7H,1-5,8H2,(H,14,15). The zero-order valence-corrected chi connectivity index (χ0v) is 11.6. The number of nitro groups is 1. The molecule has 0 radical (unpaired) electrons. The fraction of sp³-hybridized carbons (Fsp3) is 0.500. The van der Waals surface area contributed by atoms with Crippen molar-refractivity contribution in [2.24, 2.45) is 0 Å². The first kappa shape index (κ1) is 14.5. The Morgan fingerprint density at radius 1 is 1.40 bits per heavy atom. The highest BCUT2D eigenvalue weighted by atomic mass is 35.5. The van der Waals surface area contributed by atoms with Gasteiger partial charge in [0.25, 0.3) is 5.69 Å². The summed E-state index contributed by atoms with van der Waals surface area (Å²) in [5, 5.41) is 13.5. The molecule has 1 amide bonds. The van der Waals surface area contributed by atoms with Crippen LogP contribution in [0.2, 0.25) is 5.15 Å². The lowest BCUT2D eigenvalue weighted by Crippen LogP contribution is -2.39. The third kappa shape index (κ3) is 3.80. The SMILES string of the molecule is O=C(CNc1cc([N+](=O)[O-])cc(Cl)n1)N1CCCCC1. The number of nitrogens with zero attached hydrogens (tertiary/aromatic N) is 3. The predicted octanol–water partition coefficient (Wildman–Crippen LogP) is 2.07. The van der Waals surface area contributed by atoms with Crippen LogP contribution in [0.3, 0.4) is 0 Å².